The van der Waals surface area contributed by atoms with Gasteiger partial charge in [0.1, 0.15) is 16.8 Å². The molecule has 0 fully saturated rings. The molecule has 2 N–H and O–H groups in total. The second kappa shape index (κ2) is 3.48. The van der Waals surface area contributed by atoms with Gasteiger partial charge in [0.05, 0.1) is 0 Å². The van der Waals surface area contributed by atoms with Gasteiger partial charge in [-0.15, -0.1) is 11.3 Å². The molecular weight excluding hydrogens is 194 g/mol. The number of rotatable bonds is 1. The van der Waals surface area contributed by atoms with Crippen LogP contribution in [0.15, 0.2) is 30.5 Å². The van der Waals surface area contributed by atoms with Crippen molar-refractivity contribution in [2.24, 2.45) is 0 Å². The van der Waals surface area contributed by atoms with Crippen molar-refractivity contribution in [3.8, 4) is 16.5 Å². The smallest absolute Gasteiger partial charge is 0.123 e. The third-order valence-electron chi connectivity index (χ3n) is 1.78. The van der Waals surface area contributed by atoms with Gasteiger partial charge in [-0.1, -0.05) is 0 Å². The molecule has 2 aromatic rings. The molecule has 0 aromatic carbocycles. The average molecular weight is 201 g/mol. The lowest BCUT2D eigenvalue weighted by Crippen LogP contribution is -1.88. The number of aromatic nitrogens is 1. The number of hydrogen-bond acceptors (Lipinski definition) is 4. The predicted octanol–water partition coefficient (Wildman–Crippen LogP) is 2.26. The third-order valence-corrected chi connectivity index (χ3v) is 2.82. The summed E-state index contributed by atoms with van der Waals surface area (Å²) in [7, 11) is 0. The standard InChI is InChI=1S/C10H7N3S/c11-6-8-1-2-9(14-8)7-3-4-13-10(12)5-7/h1-5H,(H2,12,13). The zero-order valence-corrected chi connectivity index (χ0v) is 8.08. The topological polar surface area (TPSA) is 62.7 Å². The predicted molar refractivity (Wildman–Crippen MR) is 56.7 cm³/mol. The fraction of sp³-hybridized carbons (Fsp3) is 0. The van der Waals surface area contributed by atoms with Gasteiger partial charge in [0.25, 0.3) is 0 Å². The summed E-state index contributed by atoms with van der Waals surface area (Å²) in [6.07, 6.45) is 1.66. The summed E-state index contributed by atoms with van der Waals surface area (Å²) in [6, 6.07) is 9.50. The Morgan fingerprint density at radius 3 is 2.86 bits per heavy atom. The summed E-state index contributed by atoms with van der Waals surface area (Å²) in [4.78, 5) is 5.65. The van der Waals surface area contributed by atoms with Gasteiger partial charge in [-0.3, -0.25) is 0 Å². The molecule has 4 heteroatoms. The van der Waals surface area contributed by atoms with Crippen LogP contribution in [-0.2, 0) is 0 Å². The lowest BCUT2D eigenvalue weighted by Gasteiger charge is -1.96. The quantitative estimate of drug-likeness (QED) is 0.769. The molecule has 0 amide bonds. The van der Waals surface area contributed by atoms with Gasteiger partial charge in [0.15, 0.2) is 0 Å². The Morgan fingerprint density at radius 2 is 2.21 bits per heavy atom. The molecule has 0 radical (unpaired) electrons. The van der Waals surface area contributed by atoms with E-state index in [1.807, 2.05) is 12.1 Å². The lowest BCUT2D eigenvalue weighted by atomic mass is 10.2. The summed E-state index contributed by atoms with van der Waals surface area (Å²) in [5.41, 5.74) is 6.57. The van der Waals surface area contributed by atoms with Gasteiger partial charge in [-0.25, -0.2) is 4.98 Å². The maximum atomic E-state index is 8.68. The van der Waals surface area contributed by atoms with Crippen molar-refractivity contribution in [1.82, 2.24) is 4.98 Å². The van der Waals surface area contributed by atoms with E-state index in [4.69, 9.17) is 11.0 Å². The van der Waals surface area contributed by atoms with E-state index in [1.54, 1.807) is 18.3 Å². The molecule has 0 aliphatic rings. The molecular formula is C10H7N3S. The van der Waals surface area contributed by atoms with Crippen LogP contribution in [0.25, 0.3) is 10.4 Å². The van der Waals surface area contributed by atoms with Crippen LogP contribution in [0.1, 0.15) is 4.88 Å². The van der Waals surface area contributed by atoms with Crippen LogP contribution in [0.4, 0.5) is 5.82 Å². The average Bonchev–Trinajstić information content (AvgIpc) is 2.66. The normalized spacial score (nSPS) is 9.64. The van der Waals surface area contributed by atoms with Crippen LogP contribution in [0.2, 0.25) is 0 Å². The largest absolute Gasteiger partial charge is 0.384 e. The highest BCUT2D eigenvalue weighted by molar-refractivity contribution is 7.16. The third kappa shape index (κ3) is 1.58. The van der Waals surface area contributed by atoms with E-state index in [-0.39, 0.29) is 0 Å². The Balaban J connectivity index is 2.45. The van der Waals surface area contributed by atoms with Crippen LogP contribution in [-0.4, -0.2) is 4.98 Å². The van der Waals surface area contributed by atoms with Gasteiger partial charge in [-0.05, 0) is 29.8 Å². The number of nitrogens with zero attached hydrogens (tertiary/aromatic N) is 2. The first-order valence-corrected chi connectivity index (χ1v) is 4.83. The Hall–Kier alpha value is -1.86. The van der Waals surface area contributed by atoms with Crippen molar-refractivity contribution in [1.29, 1.82) is 5.26 Å². The first kappa shape index (κ1) is 8.73. The van der Waals surface area contributed by atoms with E-state index in [2.05, 4.69) is 11.1 Å². The molecule has 14 heavy (non-hydrogen) atoms. The van der Waals surface area contributed by atoms with Gasteiger partial charge in [0, 0.05) is 11.1 Å². The van der Waals surface area contributed by atoms with E-state index in [1.165, 1.54) is 11.3 Å². The van der Waals surface area contributed by atoms with E-state index < -0.39 is 0 Å². The molecule has 2 rings (SSSR count). The molecule has 0 saturated heterocycles. The number of pyridine rings is 1. The molecule has 0 spiro atoms. The van der Waals surface area contributed by atoms with E-state index >= 15 is 0 Å². The SMILES string of the molecule is N#Cc1ccc(-c2ccnc(N)c2)s1. The van der Waals surface area contributed by atoms with Crippen LogP contribution >= 0.6 is 11.3 Å². The van der Waals surface area contributed by atoms with Crippen LogP contribution in [0, 0.1) is 11.3 Å². The first-order chi connectivity index (χ1) is 6.79. The second-order valence-corrected chi connectivity index (χ2v) is 3.83. The molecule has 3 nitrogen and oxygen atoms in total. The van der Waals surface area contributed by atoms with E-state index in [9.17, 15) is 0 Å². The monoisotopic (exact) mass is 201 g/mol. The fourth-order valence-electron chi connectivity index (χ4n) is 1.15. The number of anilines is 1. The zero-order valence-electron chi connectivity index (χ0n) is 7.27. The van der Waals surface area contributed by atoms with Gasteiger partial charge >= 0.3 is 0 Å². The van der Waals surface area contributed by atoms with Crippen LogP contribution in [0.5, 0.6) is 0 Å². The highest BCUT2D eigenvalue weighted by atomic mass is 32.1. The summed E-state index contributed by atoms with van der Waals surface area (Å²) in [6.45, 7) is 0. The maximum Gasteiger partial charge on any atom is 0.123 e. The van der Waals surface area contributed by atoms with Crippen molar-refractivity contribution >= 4 is 17.2 Å². The molecule has 0 aliphatic heterocycles. The number of hydrogen-bond donors (Lipinski definition) is 1. The Labute approximate surface area is 85.4 Å². The summed E-state index contributed by atoms with van der Waals surface area (Å²) < 4.78 is 0. The van der Waals surface area contributed by atoms with Crippen molar-refractivity contribution in [3.05, 3.63) is 35.3 Å². The highest BCUT2D eigenvalue weighted by Crippen LogP contribution is 2.27. The highest BCUT2D eigenvalue weighted by Gasteiger charge is 2.02. The number of thiophene rings is 1. The molecule has 0 saturated carbocycles. The number of nitrogen functional groups attached to an aromatic ring is 1. The molecule has 0 bridgehead atoms. The van der Waals surface area contributed by atoms with E-state index in [0.29, 0.717) is 10.7 Å². The minimum Gasteiger partial charge on any atom is -0.384 e. The first-order valence-electron chi connectivity index (χ1n) is 4.01. The van der Waals surface area contributed by atoms with Crippen molar-refractivity contribution < 1.29 is 0 Å². The van der Waals surface area contributed by atoms with E-state index in [0.717, 1.165) is 10.4 Å². The van der Waals surface area contributed by atoms with Gasteiger partial charge < -0.3 is 5.73 Å². The van der Waals surface area contributed by atoms with Crippen molar-refractivity contribution in [2.75, 3.05) is 5.73 Å². The fourth-order valence-corrected chi connectivity index (χ4v) is 1.95. The lowest BCUT2D eigenvalue weighted by molar-refractivity contribution is 1.34. The molecule has 0 atom stereocenters. The summed E-state index contributed by atoms with van der Waals surface area (Å²) in [5.74, 6) is 0.495. The Morgan fingerprint density at radius 1 is 1.36 bits per heavy atom. The molecule has 0 aliphatic carbocycles. The molecule has 0 unspecified atom stereocenters. The minimum atomic E-state index is 0.495. The maximum absolute atomic E-state index is 8.68. The Kier molecular flexibility index (Phi) is 2.17. The van der Waals surface area contributed by atoms with Crippen molar-refractivity contribution in [2.45, 2.75) is 0 Å². The zero-order chi connectivity index (χ0) is 9.97. The molecule has 2 heterocycles. The molecule has 68 valence electrons. The summed E-state index contributed by atoms with van der Waals surface area (Å²) in [5, 5.41) is 8.68. The Bertz CT molecular complexity index is 496. The number of nitrogens with two attached hydrogens (primary N) is 1. The van der Waals surface area contributed by atoms with Gasteiger partial charge in [0.2, 0.25) is 0 Å². The van der Waals surface area contributed by atoms with Crippen LogP contribution < -0.4 is 5.73 Å². The minimum absolute atomic E-state index is 0.495. The van der Waals surface area contributed by atoms with Crippen molar-refractivity contribution in [3.63, 3.8) is 0 Å². The number of nitriles is 1. The van der Waals surface area contributed by atoms with Gasteiger partial charge in [-0.2, -0.15) is 5.26 Å². The molecule has 2 aromatic heterocycles. The summed E-state index contributed by atoms with van der Waals surface area (Å²) >= 11 is 1.45. The second-order valence-electron chi connectivity index (χ2n) is 2.75. The van der Waals surface area contributed by atoms with Crippen LogP contribution in [0.3, 0.4) is 0 Å².